The minimum Gasteiger partial charge on any atom is -0.383 e. The van der Waals surface area contributed by atoms with Gasteiger partial charge in [-0.2, -0.15) is 0 Å². The van der Waals surface area contributed by atoms with Crippen molar-refractivity contribution < 1.29 is 9.53 Å². The van der Waals surface area contributed by atoms with E-state index in [-0.39, 0.29) is 12.1 Å². The van der Waals surface area contributed by atoms with Crippen LogP contribution in [-0.4, -0.2) is 44.3 Å². The lowest BCUT2D eigenvalue weighted by Crippen LogP contribution is -2.42. The molecule has 0 aliphatic rings. The predicted molar refractivity (Wildman–Crippen MR) is 72.7 cm³/mol. The summed E-state index contributed by atoms with van der Waals surface area (Å²) in [6, 6.07) is 7.31. The molecule has 0 saturated carbocycles. The predicted octanol–water partition coefficient (Wildman–Crippen LogP) is 1.43. The lowest BCUT2D eigenvalue weighted by molar-refractivity contribution is 0.164. The molecule has 0 aliphatic heterocycles. The van der Waals surface area contributed by atoms with E-state index in [4.69, 9.17) is 10.5 Å². The third kappa shape index (κ3) is 4.73. The van der Waals surface area contributed by atoms with Crippen LogP contribution in [0.4, 0.5) is 10.5 Å². The van der Waals surface area contributed by atoms with Crippen LogP contribution in [0.1, 0.15) is 5.56 Å². The molecule has 1 rings (SSSR count). The number of amides is 2. The Bertz CT molecular complexity index is 396. The molecule has 0 aromatic heterocycles. The number of nitrogens with two attached hydrogens (primary N) is 1. The standard InChI is InChI=1S/C13H21N3O2/c1-10-5-4-6-12(7-10)15-13(17)16(2)8-11(14)9-18-3/h4-7,11H,8-9,14H2,1-3H3,(H,15,17). The summed E-state index contributed by atoms with van der Waals surface area (Å²) in [6.07, 6.45) is 0. The smallest absolute Gasteiger partial charge is 0.321 e. The lowest BCUT2D eigenvalue weighted by Gasteiger charge is -2.21. The number of carbonyl (C=O) groups is 1. The van der Waals surface area contributed by atoms with Gasteiger partial charge in [-0.05, 0) is 24.6 Å². The van der Waals surface area contributed by atoms with Crippen molar-refractivity contribution in [3.63, 3.8) is 0 Å². The highest BCUT2D eigenvalue weighted by Gasteiger charge is 2.12. The average molecular weight is 251 g/mol. The molecule has 2 amide bonds. The lowest BCUT2D eigenvalue weighted by atomic mass is 10.2. The monoisotopic (exact) mass is 251 g/mol. The highest BCUT2D eigenvalue weighted by molar-refractivity contribution is 5.89. The largest absolute Gasteiger partial charge is 0.383 e. The Morgan fingerprint density at radius 1 is 1.56 bits per heavy atom. The van der Waals surface area contributed by atoms with Gasteiger partial charge in [0, 0.05) is 32.4 Å². The number of aryl methyl sites for hydroxylation is 1. The van der Waals surface area contributed by atoms with Crippen molar-refractivity contribution in [2.45, 2.75) is 13.0 Å². The highest BCUT2D eigenvalue weighted by Crippen LogP contribution is 2.10. The molecule has 0 spiro atoms. The molecule has 1 unspecified atom stereocenters. The van der Waals surface area contributed by atoms with E-state index in [0.717, 1.165) is 11.3 Å². The summed E-state index contributed by atoms with van der Waals surface area (Å²) in [5.74, 6) is 0. The molecule has 1 aromatic rings. The molecule has 1 aromatic carbocycles. The minimum absolute atomic E-state index is 0.174. The number of rotatable bonds is 5. The summed E-state index contributed by atoms with van der Waals surface area (Å²) < 4.78 is 4.93. The van der Waals surface area contributed by atoms with E-state index in [9.17, 15) is 4.79 Å². The first-order valence-corrected chi connectivity index (χ1v) is 5.86. The maximum atomic E-state index is 11.9. The highest BCUT2D eigenvalue weighted by atomic mass is 16.5. The average Bonchev–Trinajstić information content (AvgIpc) is 2.29. The van der Waals surface area contributed by atoms with Crippen LogP contribution in [0.3, 0.4) is 0 Å². The number of hydrogen-bond acceptors (Lipinski definition) is 3. The molecule has 1 atom stereocenters. The van der Waals surface area contributed by atoms with Crippen molar-refractivity contribution in [3.8, 4) is 0 Å². The van der Waals surface area contributed by atoms with E-state index in [1.807, 2.05) is 31.2 Å². The van der Waals surface area contributed by atoms with E-state index in [0.29, 0.717) is 13.2 Å². The van der Waals surface area contributed by atoms with Crippen LogP contribution in [0.2, 0.25) is 0 Å². The Hall–Kier alpha value is -1.59. The fourth-order valence-electron chi connectivity index (χ4n) is 1.64. The molecule has 0 saturated heterocycles. The number of benzene rings is 1. The number of ether oxygens (including phenoxy) is 1. The van der Waals surface area contributed by atoms with Crippen LogP contribution in [-0.2, 0) is 4.74 Å². The number of likely N-dealkylation sites (N-methyl/N-ethyl adjacent to an activating group) is 1. The van der Waals surface area contributed by atoms with Crippen molar-refractivity contribution in [3.05, 3.63) is 29.8 Å². The zero-order chi connectivity index (χ0) is 13.5. The SMILES string of the molecule is COCC(N)CN(C)C(=O)Nc1cccc(C)c1. The van der Waals surface area contributed by atoms with Crippen LogP contribution < -0.4 is 11.1 Å². The Kier molecular flexibility index (Phi) is 5.61. The van der Waals surface area contributed by atoms with Crippen LogP contribution >= 0.6 is 0 Å². The summed E-state index contributed by atoms with van der Waals surface area (Å²) >= 11 is 0. The third-order valence-electron chi connectivity index (χ3n) is 2.51. The molecule has 0 aliphatic carbocycles. The van der Waals surface area contributed by atoms with E-state index in [2.05, 4.69) is 5.32 Å². The molecule has 0 bridgehead atoms. The van der Waals surface area contributed by atoms with E-state index in [1.54, 1.807) is 19.1 Å². The van der Waals surface area contributed by atoms with Gasteiger partial charge in [0.05, 0.1) is 6.61 Å². The van der Waals surface area contributed by atoms with Crippen LogP contribution in [0, 0.1) is 6.92 Å². The van der Waals surface area contributed by atoms with Gasteiger partial charge in [0.15, 0.2) is 0 Å². The minimum atomic E-state index is -0.178. The quantitative estimate of drug-likeness (QED) is 0.832. The van der Waals surface area contributed by atoms with Gasteiger partial charge in [-0.15, -0.1) is 0 Å². The van der Waals surface area contributed by atoms with Crippen LogP contribution in [0.5, 0.6) is 0 Å². The number of nitrogens with one attached hydrogen (secondary N) is 1. The number of hydrogen-bond donors (Lipinski definition) is 2. The van der Waals surface area contributed by atoms with Gasteiger partial charge in [-0.25, -0.2) is 4.79 Å². The number of methoxy groups -OCH3 is 1. The van der Waals surface area contributed by atoms with Crippen LogP contribution in [0.25, 0.3) is 0 Å². The Labute approximate surface area is 108 Å². The van der Waals surface area contributed by atoms with Crippen molar-refractivity contribution >= 4 is 11.7 Å². The molecule has 0 heterocycles. The Balaban J connectivity index is 2.49. The molecule has 0 radical (unpaired) electrons. The Morgan fingerprint density at radius 2 is 2.28 bits per heavy atom. The Morgan fingerprint density at radius 3 is 2.89 bits per heavy atom. The molecule has 18 heavy (non-hydrogen) atoms. The second-order valence-electron chi connectivity index (χ2n) is 4.40. The van der Waals surface area contributed by atoms with Crippen LogP contribution in [0.15, 0.2) is 24.3 Å². The number of carbonyl (C=O) groups excluding carboxylic acids is 1. The van der Waals surface area contributed by atoms with Gasteiger partial charge in [0.25, 0.3) is 0 Å². The van der Waals surface area contributed by atoms with Crippen molar-refractivity contribution in [1.29, 1.82) is 0 Å². The first kappa shape index (κ1) is 14.5. The normalized spacial score (nSPS) is 12.0. The molecule has 5 nitrogen and oxygen atoms in total. The fourth-order valence-corrected chi connectivity index (χ4v) is 1.64. The van der Waals surface area contributed by atoms with Gasteiger partial charge < -0.3 is 20.7 Å². The summed E-state index contributed by atoms with van der Waals surface area (Å²) in [7, 11) is 3.30. The zero-order valence-electron chi connectivity index (χ0n) is 11.1. The molecular formula is C13H21N3O2. The van der Waals surface area contributed by atoms with Gasteiger partial charge in [0.1, 0.15) is 0 Å². The maximum absolute atomic E-state index is 11.9. The van der Waals surface area contributed by atoms with E-state index < -0.39 is 0 Å². The molecule has 100 valence electrons. The first-order valence-electron chi connectivity index (χ1n) is 5.86. The molecule has 3 N–H and O–H groups in total. The first-order chi connectivity index (χ1) is 8.52. The van der Waals surface area contributed by atoms with Crippen molar-refractivity contribution in [1.82, 2.24) is 4.90 Å². The molecule has 5 heteroatoms. The zero-order valence-corrected chi connectivity index (χ0v) is 11.1. The second kappa shape index (κ2) is 6.98. The van der Waals surface area contributed by atoms with E-state index >= 15 is 0 Å². The molecule has 0 fully saturated rings. The second-order valence-corrected chi connectivity index (χ2v) is 4.40. The number of urea groups is 1. The number of nitrogens with zero attached hydrogens (tertiary/aromatic N) is 1. The fraction of sp³-hybridized carbons (Fsp3) is 0.462. The van der Waals surface area contributed by atoms with Gasteiger partial charge in [0.2, 0.25) is 0 Å². The van der Waals surface area contributed by atoms with Gasteiger partial charge in [-0.3, -0.25) is 0 Å². The topological polar surface area (TPSA) is 67.6 Å². The maximum Gasteiger partial charge on any atom is 0.321 e. The summed E-state index contributed by atoms with van der Waals surface area (Å²) in [6.45, 7) is 2.86. The van der Waals surface area contributed by atoms with Gasteiger partial charge in [-0.1, -0.05) is 12.1 Å². The summed E-state index contributed by atoms with van der Waals surface area (Å²) in [5.41, 5.74) is 7.68. The third-order valence-corrected chi connectivity index (χ3v) is 2.51. The summed E-state index contributed by atoms with van der Waals surface area (Å²) in [4.78, 5) is 13.4. The summed E-state index contributed by atoms with van der Waals surface area (Å²) in [5, 5.41) is 2.82. The molecular weight excluding hydrogens is 230 g/mol. The van der Waals surface area contributed by atoms with Gasteiger partial charge >= 0.3 is 6.03 Å². The van der Waals surface area contributed by atoms with Crippen molar-refractivity contribution in [2.24, 2.45) is 5.73 Å². The van der Waals surface area contributed by atoms with E-state index in [1.165, 1.54) is 0 Å². The number of anilines is 1. The van der Waals surface area contributed by atoms with Crippen molar-refractivity contribution in [2.75, 3.05) is 32.6 Å².